The van der Waals surface area contributed by atoms with E-state index in [2.05, 4.69) is 16.9 Å². The van der Waals surface area contributed by atoms with E-state index >= 15 is 0 Å². The number of carbonyl (C=O) groups is 1. The van der Waals surface area contributed by atoms with Crippen molar-refractivity contribution in [3.05, 3.63) is 44.5 Å². The molecule has 138 valence electrons. The van der Waals surface area contributed by atoms with E-state index in [9.17, 15) is 14.9 Å². The van der Waals surface area contributed by atoms with Crippen LogP contribution in [-0.4, -0.2) is 31.2 Å². The minimum atomic E-state index is -0.381. The first kappa shape index (κ1) is 18.1. The highest BCUT2D eigenvalue weighted by Crippen LogP contribution is 2.35. The lowest BCUT2D eigenvalue weighted by molar-refractivity contribution is -0.384. The van der Waals surface area contributed by atoms with E-state index in [0.717, 1.165) is 17.7 Å². The first-order valence-corrected chi connectivity index (χ1v) is 8.63. The number of rotatable bonds is 6. The molecule has 2 N–H and O–H groups in total. The van der Waals surface area contributed by atoms with Crippen molar-refractivity contribution in [2.75, 3.05) is 4.90 Å². The molecule has 10 heteroatoms. The molecule has 2 aromatic rings. The Kier molecular flexibility index (Phi) is 4.77. The number of carbonyl (C=O) groups excluding carboxylic acids is 1. The summed E-state index contributed by atoms with van der Waals surface area (Å²) in [7, 11) is 1.81. The third-order valence-corrected chi connectivity index (χ3v) is 5.13. The van der Waals surface area contributed by atoms with Gasteiger partial charge in [-0.05, 0) is 37.2 Å². The van der Waals surface area contributed by atoms with Crippen molar-refractivity contribution < 1.29 is 9.72 Å². The molecular formula is C16H20N6O3S. The second kappa shape index (κ2) is 6.87. The molecule has 0 saturated carbocycles. The highest BCUT2D eigenvalue weighted by atomic mass is 32.1. The minimum absolute atomic E-state index is 0.0981. The number of anilines is 1. The quantitative estimate of drug-likeness (QED) is 0.466. The summed E-state index contributed by atoms with van der Waals surface area (Å²) in [6.07, 6.45) is 1.37. The summed E-state index contributed by atoms with van der Waals surface area (Å²) in [4.78, 5) is 23.7. The molecule has 26 heavy (non-hydrogen) atoms. The summed E-state index contributed by atoms with van der Waals surface area (Å²) in [6, 6.07) is 5.09. The van der Waals surface area contributed by atoms with Gasteiger partial charge < -0.3 is 15.2 Å². The number of aryl methyl sites for hydroxylation is 1. The number of aromatic nitrogens is 3. The third kappa shape index (κ3) is 3.32. The van der Waals surface area contributed by atoms with Gasteiger partial charge in [0.05, 0.1) is 4.92 Å². The van der Waals surface area contributed by atoms with Gasteiger partial charge in [0.15, 0.2) is 4.77 Å². The maximum absolute atomic E-state index is 11.0. The maximum atomic E-state index is 11.0. The van der Waals surface area contributed by atoms with Crippen molar-refractivity contribution in [1.82, 2.24) is 14.3 Å². The number of hydrogen-bond donors (Lipinski definition) is 1. The molecule has 2 heterocycles. The SMILES string of the molecule is CC1Cc2cc([N+](=O)[O-])ccc2N1Cn1nc(CCC(N)=O)n(C)c1=S. The zero-order valence-electron chi connectivity index (χ0n) is 14.6. The Bertz CT molecular complexity index is 935. The van der Waals surface area contributed by atoms with E-state index in [1.54, 1.807) is 21.4 Å². The third-order valence-electron chi connectivity index (χ3n) is 4.64. The second-order valence-corrected chi connectivity index (χ2v) is 6.82. The molecular weight excluding hydrogens is 356 g/mol. The summed E-state index contributed by atoms with van der Waals surface area (Å²) in [6.45, 7) is 2.50. The van der Waals surface area contributed by atoms with Crippen LogP contribution in [0, 0.1) is 14.9 Å². The predicted octanol–water partition coefficient (Wildman–Crippen LogP) is 1.69. The number of nitro benzene ring substituents is 1. The average molecular weight is 376 g/mol. The topological polar surface area (TPSA) is 112 Å². The average Bonchev–Trinajstić information content (AvgIpc) is 3.03. The minimum Gasteiger partial charge on any atom is -0.370 e. The fraction of sp³-hybridized carbons (Fsp3) is 0.438. The van der Waals surface area contributed by atoms with Gasteiger partial charge in [-0.1, -0.05) is 0 Å². The molecule has 0 bridgehead atoms. The molecule has 9 nitrogen and oxygen atoms in total. The van der Waals surface area contributed by atoms with Crippen LogP contribution in [0.3, 0.4) is 0 Å². The van der Waals surface area contributed by atoms with Gasteiger partial charge in [0.2, 0.25) is 5.91 Å². The lowest BCUT2D eigenvalue weighted by atomic mass is 10.1. The Hall–Kier alpha value is -2.75. The van der Waals surface area contributed by atoms with Crippen LogP contribution in [-0.2, 0) is 31.4 Å². The van der Waals surface area contributed by atoms with Crippen molar-refractivity contribution in [3.8, 4) is 0 Å². The maximum Gasteiger partial charge on any atom is 0.269 e. The van der Waals surface area contributed by atoms with Crippen LogP contribution in [0.1, 0.15) is 24.7 Å². The van der Waals surface area contributed by atoms with Crippen molar-refractivity contribution >= 4 is 29.5 Å². The summed E-state index contributed by atoms with van der Waals surface area (Å²) in [5.74, 6) is 0.318. The van der Waals surface area contributed by atoms with Crippen molar-refractivity contribution in [2.45, 2.75) is 38.9 Å². The van der Waals surface area contributed by atoms with Gasteiger partial charge in [0.25, 0.3) is 5.69 Å². The molecule has 0 radical (unpaired) electrons. The molecule has 3 rings (SSSR count). The standard InChI is InChI=1S/C16H20N6O3S/c1-10-7-11-8-12(22(24)25)3-4-13(11)20(10)9-21-16(26)19(2)15(18-21)6-5-14(17)23/h3-4,8,10H,5-7,9H2,1-2H3,(H2,17,23). The molecule has 1 aromatic heterocycles. The highest BCUT2D eigenvalue weighted by Gasteiger charge is 2.28. The normalized spacial score (nSPS) is 15.9. The highest BCUT2D eigenvalue weighted by molar-refractivity contribution is 7.71. The number of amides is 1. The number of hydrogen-bond acceptors (Lipinski definition) is 6. The van der Waals surface area contributed by atoms with Gasteiger partial charge in [-0.3, -0.25) is 14.9 Å². The number of fused-ring (bicyclic) bond motifs is 1. The smallest absolute Gasteiger partial charge is 0.269 e. The molecule has 1 atom stereocenters. The Morgan fingerprint density at radius 2 is 2.23 bits per heavy atom. The van der Waals surface area contributed by atoms with Crippen LogP contribution in [0.4, 0.5) is 11.4 Å². The summed E-state index contributed by atoms with van der Waals surface area (Å²) in [5.41, 5.74) is 7.21. The molecule has 0 saturated heterocycles. The second-order valence-electron chi connectivity index (χ2n) is 6.46. The van der Waals surface area contributed by atoms with E-state index in [1.807, 2.05) is 7.05 Å². The zero-order valence-corrected chi connectivity index (χ0v) is 15.4. The van der Waals surface area contributed by atoms with Crippen molar-refractivity contribution in [1.29, 1.82) is 0 Å². The number of nitro groups is 1. The summed E-state index contributed by atoms with van der Waals surface area (Å²) < 4.78 is 4.03. The van der Waals surface area contributed by atoms with Gasteiger partial charge in [-0.2, -0.15) is 5.10 Å². The van der Waals surface area contributed by atoms with Crippen molar-refractivity contribution in [3.63, 3.8) is 0 Å². The predicted molar refractivity (Wildman–Crippen MR) is 98.3 cm³/mol. The van der Waals surface area contributed by atoms with E-state index in [4.69, 9.17) is 18.0 Å². The number of non-ortho nitro benzene ring substituents is 1. The van der Waals surface area contributed by atoms with Gasteiger partial charge in [-0.15, -0.1) is 0 Å². The largest absolute Gasteiger partial charge is 0.370 e. The molecule has 1 amide bonds. The molecule has 1 aliphatic rings. The first-order chi connectivity index (χ1) is 12.3. The first-order valence-electron chi connectivity index (χ1n) is 8.23. The number of nitrogens with zero attached hydrogens (tertiary/aromatic N) is 5. The van der Waals surface area contributed by atoms with Gasteiger partial charge in [-0.25, -0.2) is 4.68 Å². The molecule has 0 fully saturated rings. The Balaban J connectivity index is 1.86. The Morgan fingerprint density at radius 3 is 2.88 bits per heavy atom. The van der Waals surface area contributed by atoms with Crippen LogP contribution < -0.4 is 10.6 Å². The van der Waals surface area contributed by atoms with Crippen LogP contribution in [0.5, 0.6) is 0 Å². The number of primary amides is 1. The lowest BCUT2D eigenvalue weighted by Crippen LogP contribution is -2.32. The van der Waals surface area contributed by atoms with E-state index in [0.29, 0.717) is 23.7 Å². The monoisotopic (exact) mass is 376 g/mol. The fourth-order valence-electron chi connectivity index (χ4n) is 3.23. The van der Waals surface area contributed by atoms with Crippen LogP contribution in [0.15, 0.2) is 18.2 Å². The van der Waals surface area contributed by atoms with Crippen LogP contribution >= 0.6 is 12.2 Å². The van der Waals surface area contributed by atoms with Crippen molar-refractivity contribution in [2.24, 2.45) is 12.8 Å². The van der Waals surface area contributed by atoms with Gasteiger partial charge >= 0.3 is 0 Å². The number of benzene rings is 1. The van der Waals surface area contributed by atoms with E-state index in [-0.39, 0.29) is 29.0 Å². The summed E-state index contributed by atoms with van der Waals surface area (Å²) in [5, 5.41) is 15.5. The molecule has 0 spiro atoms. The summed E-state index contributed by atoms with van der Waals surface area (Å²) >= 11 is 5.45. The van der Waals surface area contributed by atoms with Gasteiger partial charge in [0.1, 0.15) is 12.5 Å². The van der Waals surface area contributed by atoms with Gasteiger partial charge in [0, 0.05) is 43.8 Å². The fourth-order valence-corrected chi connectivity index (χ4v) is 3.44. The molecule has 1 aliphatic heterocycles. The Morgan fingerprint density at radius 1 is 1.50 bits per heavy atom. The molecule has 1 unspecified atom stereocenters. The van der Waals surface area contributed by atoms with E-state index in [1.165, 1.54) is 6.07 Å². The van der Waals surface area contributed by atoms with Crippen LogP contribution in [0.25, 0.3) is 0 Å². The Labute approximate surface area is 155 Å². The number of nitrogens with two attached hydrogens (primary N) is 1. The lowest BCUT2D eigenvalue weighted by Gasteiger charge is -2.24. The molecule has 1 aromatic carbocycles. The molecule has 0 aliphatic carbocycles. The van der Waals surface area contributed by atoms with E-state index < -0.39 is 0 Å². The zero-order chi connectivity index (χ0) is 19.0. The van der Waals surface area contributed by atoms with Crippen LogP contribution in [0.2, 0.25) is 0 Å².